The van der Waals surface area contributed by atoms with Crippen molar-refractivity contribution < 1.29 is 4.79 Å². The molecule has 8 heteroatoms. The molecular formula is C20H18ClN5OS. The Morgan fingerprint density at radius 1 is 1.21 bits per heavy atom. The average molecular weight is 412 g/mol. The zero-order chi connectivity index (χ0) is 19.7. The fraction of sp³-hybridized carbons (Fsp3) is 0.200. The molecule has 0 fully saturated rings. The molecule has 4 aromatic rings. The number of anilines is 1. The SMILES string of the molecule is CCCc1nnc2sc(-c3cccc(NC(=O)c4ccc(C)c(Cl)c4)c3)nn12. The fourth-order valence-electron chi connectivity index (χ4n) is 2.82. The van der Waals surface area contributed by atoms with E-state index in [-0.39, 0.29) is 5.91 Å². The third-order valence-corrected chi connectivity index (χ3v) is 5.69. The van der Waals surface area contributed by atoms with Gasteiger partial charge in [-0.15, -0.1) is 10.2 Å². The summed E-state index contributed by atoms with van der Waals surface area (Å²) in [5.74, 6) is 0.656. The number of halogens is 1. The monoisotopic (exact) mass is 411 g/mol. The highest BCUT2D eigenvalue weighted by Gasteiger charge is 2.13. The highest BCUT2D eigenvalue weighted by molar-refractivity contribution is 7.19. The number of benzene rings is 2. The first-order chi connectivity index (χ1) is 13.5. The summed E-state index contributed by atoms with van der Waals surface area (Å²) in [6.45, 7) is 4.00. The third-order valence-electron chi connectivity index (χ3n) is 4.33. The van der Waals surface area contributed by atoms with Crippen LogP contribution in [0.2, 0.25) is 5.02 Å². The van der Waals surface area contributed by atoms with Crippen LogP contribution in [0.1, 0.15) is 35.1 Å². The van der Waals surface area contributed by atoms with Crippen LogP contribution in [0.4, 0.5) is 5.69 Å². The Labute approximate surface area is 171 Å². The van der Waals surface area contributed by atoms with E-state index in [4.69, 9.17) is 11.6 Å². The van der Waals surface area contributed by atoms with E-state index in [2.05, 4.69) is 27.5 Å². The molecule has 2 aromatic carbocycles. The quantitative estimate of drug-likeness (QED) is 0.500. The van der Waals surface area contributed by atoms with Gasteiger partial charge in [0.1, 0.15) is 5.01 Å². The van der Waals surface area contributed by atoms with Crippen molar-refractivity contribution in [2.24, 2.45) is 0 Å². The van der Waals surface area contributed by atoms with Crippen LogP contribution < -0.4 is 5.32 Å². The fourth-order valence-corrected chi connectivity index (χ4v) is 3.86. The molecule has 0 radical (unpaired) electrons. The lowest BCUT2D eigenvalue weighted by atomic mass is 10.1. The first-order valence-electron chi connectivity index (χ1n) is 8.94. The van der Waals surface area contributed by atoms with Crippen LogP contribution in [0.5, 0.6) is 0 Å². The van der Waals surface area contributed by atoms with Crippen molar-refractivity contribution in [3.8, 4) is 10.6 Å². The van der Waals surface area contributed by atoms with Crippen LogP contribution >= 0.6 is 22.9 Å². The van der Waals surface area contributed by atoms with Gasteiger partial charge in [-0.1, -0.05) is 48.1 Å². The number of aryl methyl sites for hydroxylation is 2. The van der Waals surface area contributed by atoms with E-state index in [1.807, 2.05) is 37.3 Å². The Morgan fingerprint density at radius 2 is 2.07 bits per heavy atom. The lowest BCUT2D eigenvalue weighted by Crippen LogP contribution is -2.11. The number of nitrogens with zero attached hydrogens (tertiary/aromatic N) is 4. The molecule has 0 aliphatic rings. The van der Waals surface area contributed by atoms with Gasteiger partial charge in [0.25, 0.3) is 5.91 Å². The number of hydrogen-bond donors (Lipinski definition) is 1. The summed E-state index contributed by atoms with van der Waals surface area (Å²) in [7, 11) is 0. The van der Waals surface area contributed by atoms with Gasteiger partial charge in [-0.3, -0.25) is 4.79 Å². The van der Waals surface area contributed by atoms with Gasteiger partial charge in [0.15, 0.2) is 5.82 Å². The molecule has 1 N–H and O–H groups in total. The van der Waals surface area contributed by atoms with E-state index < -0.39 is 0 Å². The lowest BCUT2D eigenvalue weighted by Gasteiger charge is -2.07. The van der Waals surface area contributed by atoms with E-state index in [1.165, 1.54) is 11.3 Å². The maximum atomic E-state index is 12.5. The molecule has 0 atom stereocenters. The predicted molar refractivity (Wildman–Crippen MR) is 112 cm³/mol. The van der Waals surface area contributed by atoms with Crippen LogP contribution in [0.25, 0.3) is 15.5 Å². The van der Waals surface area contributed by atoms with Crippen LogP contribution in [0.3, 0.4) is 0 Å². The number of carbonyl (C=O) groups is 1. The summed E-state index contributed by atoms with van der Waals surface area (Å²) in [5, 5.41) is 17.3. The second-order valence-corrected chi connectivity index (χ2v) is 7.83. The molecule has 0 saturated carbocycles. The summed E-state index contributed by atoms with van der Waals surface area (Å²) in [5.41, 5.74) is 3.06. The van der Waals surface area contributed by atoms with E-state index in [0.29, 0.717) is 16.3 Å². The van der Waals surface area contributed by atoms with Crippen LogP contribution in [-0.4, -0.2) is 25.7 Å². The molecule has 0 aliphatic carbocycles. The van der Waals surface area contributed by atoms with Gasteiger partial charge in [-0.2, -0.15) is 9.61 Å². The van der Waals surface area contributed by atoms with Crippen molar-refractivity contribution in [1.82, 2.24) is 19.8 Å². The molecule has 2 heterocycles. The Kier molecular flexibility index (Phi) is 5.11. The molecule has 6 nitrogen and oxygen atoms in total. The minimum atomic E-state index is -0.206. The number of carbonyl (C=O) groups excluding carboxylic acids is 1. The Hall–Kier alpha value is -2.77. The van der Waals surface area contributed by atoms with Crippen LogP contribution in [0, 0.1) is 6.92 Å². The number of aromatic nitrogens is 4. The zero-order valence-corrected chi connectivity index (χ0v) is 17.0. The van der Waals surface area contributed by atoms with Gasteiger partial charge in [0.05, 0.1) is 0 Å². The second kappa shape index (κ2) is 7.69. The molecule has 0 unspecified atom stereocenters. The highest BCUT2D eigenvalue weighted by atomic mass is 35.5. The van der Waals surface area contributed by atoms with Gasteiger partial charge in [0.2, 0.25) is 4.96 Å². The van der Waals surface area contributed by atoms with Gasteiger partial charge in [0, 0.05) is 28.3 Å². The third kappa shape index (κ3) is 3.63. The standard InChI is InChI=1S/C20H18ClN5OS/c1-3-5-17-23-24-20-26(17)25-19(28-20)14-6-4-7-15(10-14)22-18(27)13-9-8-12(2)16(21)11-13/h4,6-11H,3,5H2,1-2H3,(H,22,27). The molecular weight excluding hydrogens is 394 g/mol. The Balaban J connectivity index is 1.59. The van der Waals surface area contributed by atoms with Crippen molar-refractivity contribution in [1.29, 1.82) is 0 Å². The number of nitrogens with one attached hydrogen (secondary N) is 1. The highest BCUT2D eigenvalue weighted by Crippen LogP contribution is 2.28. The average Bonchev–Trinajstić information content (AvgIpc) is 3.26. The molecule has 1 amide bonds. The van der Waals surface area contributed by atoms with E-state index in [1.54, 1.807) is 16.6 Å². The van der Waals surface area contributed by atoms with E-state index >= 15 is 0 Å². The maximum Gasteiger partial charge on any atom is 0.255 e. The molecule has 2 aromatic heterocycles. The smallest absolute Gasteiger partial charge is 0.255 e. The summed E-state index contributed by atoms with van der Waals surface area (Å²) in [6.07, 6.45) is 1.82. The minimum Gasteiger partial charge on any atom is -0.322 e. The molecule has 0 aliphatic heterocycles. The summed E-state index contributed by atoms with van der Waals surface area (Å²) >= 11 is 7.60. The van der Waals surface area contributed by atoms with Gasteiger partial charge in [-0.25, -0.2) is 0 Å². The minimum absolute atomic E-state index is 0.206. The summed E-state index contributed by atoms with van der Waals surface area (Å²) in [6, 6.07) is 12.9. The molecule has 0 saturated heterocycles. The number of fused-ring (bicyclic) bond motifs is 1. The van der Waals surface area contributed by atoms with Gasteiger partial charge < -0.3 is 5.32 Å². The number of rotatable bonds is 5. The van der Waals surface area contributed by atoms with Crippen molar-refractivity contribution in [2.45, 2.75) is 26.7 Å². The first kappa shape index (κ1) is 18.6. The summed E-state index contributed by atoms with van der Waals surface area (Å²) < 4.78 is 1.79. The van der Waals surface area contributed by atoms with Crippen molar-refractivity contribution in [2.75, 3.05) is 5.32 Å². The topological polar surface area (TPSA) is 72.2 Å². The van der Waals surface area contributed by atoms with E-state index in [0.717, 1.165) is 39.8 Å². The Bertz CT molecular complexity index is 1170. The normalized spacial score (nSPS) is 11.1. The molecule has 0 bridgehead atoms. The van der Waals surface area contributed by atoms with Crippen molar-refractivity contribution >= 4 is 39.5 Å². The molecule has 4 rings (SSSR count). The Morgan fingerprint density at radius 3 is 2.86 bits per heavy atom. The molecule has 142 valence electrons. The molecule has 0 spiro atoms. The maximum absolute atomic E-state index is 12.5. The van der Waals surface area contributed by atoms with Crippen LogP contribution in [-0.2, 0) is 6.42 Å². The van der Waals surface area contributed by atoms with E-state index in [9.17, 15) is 4.79 Å². The predicted octanol–water partition coefficient (Wildman–Crippen LogP) is 5.02. The zero-order valence-electron chi connectivity index (χ0n) is 15.4. The van der Waals surface area contributed by atoms with Crippen molar-refractivity contribution in [3.05, 3.63) is 64.4 Å². The number of amides is 1. The second-order valence-electron chi connectivity index (χ2n) is 6.47. The lowest BCUT2D eigenvalue weighted by molar-refractivity contribution is 0.102. The first-order valence-corrected chi connectivity index (χ1v) is 10.1. The van der Waals surface area contributed by atoms with Crippen molar-refractivity contribution in [3.63, 3.8) is 0 Å². The summed E-state index contributed by atoms with van der Waals surface area (Å²) in [4.78, 5) is 13.3. The van der Waals surface area contributed by atoms with Crippen LogP contribution in [0.15, 0.2) is 42.5 Å². The largest absolute Gasteiger partial charge is 0.322 e. The van der Waals surface area contributed by atoms with Gasteiger partial charge in [-0.05, 0) is 43.2 Å². The van der Waals surface area contributed by atoms with Gasteiger partial charge >= 0.3 is 0 Å². The number of hydrogen-bond acceptors (Lipinski definition) is 5. The molecule has 28 heavy (non-hydrogen) atoms.